The van der Waals surface area contributed by atoms with Gasteiger partial charge in [0.1, 0.15) is 0 Å². The number of piperidine rings is 1. The van der Waals surface area contributed by atoms with Crippen LogP contribution in [0.15, 0.2) is 0 Å². The van der Waals surface area contributed by atoms with E-state index in [9.17, 15) is 0 Å². The summed E-state index contributed by atoms with van der Waals surface area (Å²) in [6, 6.07) is 0.392. The largest absolute Gasteiger partial charge is 0.328 e. The third-order valence-electron chi connectivity index (χ3n) is 3.28. The van der Waals surface area contributed by atoms with Gasteiger partial charge >= 0.3 is 0 Å². The molecule has 1 unspecified atom stereocenters. The summed E-state index contributed by atoms with van der Waals surface area (Å²) in [5.41, 5.74) is 5.77. The molecule has 0 radical (unpaired) electrons. The highest BCUT2D eigenvalue weighted by Gasteiger charge is 2.18. The molecule has 1 aliphatic rings. The van der Waals surface area contributed by atoms with Crippen molar-refractivity contribution in [3.63, 3.8) is 0 Å². The summed E-state index contributed by atoms with van der Waals surface area (Å²) in [5.74, 6) is 0.953. The Morgan fingerprint density at radius 3 is 2.50 bits per heavy atom. The lowest BCUT2D eigenvalue weighted by atomic mass is 9.91. The van der Waals surface area contributed by atoms with Crippen molar-refractivity contribution >= 4 is 0 Å². The van der Waals surface area contributed by atoms with Crippen LogP contribution in [0.4, 0.5) is 0 Å². The molecule has 1 aliphatic heterocycles. The van der Waals surface area contributed by atoms with Crippen LogP contribution < -0.4 is 5.73 Å². The van der Waals surface area contributed by atoms with E-state index in [0.717, 1.165) is 5.92 Å². The lowest BCUT2D eigenvalue weighted by Crippen LogP contribution is -2.34. The molecule has 1 heterocycles. The number of hydrogen-bond donors (Lipinski definition) is 1. The number of likely N-dealkylation sites (tertiary alicyclic amines) is 1. The van der Waals surface area contributed by atoms with Gasteiger partial charge < -0.3 is 10.6 Å². The standard InChI is InChI=1S/C12H26N2/c1-3-8-14-9-6-12(7-10-14)5-4-11(2)13/h11-12H,3-10,13H2,1-2H3. The van der Waals surface area contributed by atoms with Gasteiger partial charge in [0.05, 0.1) is 0 Å². The van der Waals surface area contributed by atoms with E-state index >= 15 is 0 Å². The minimum atomic E-state index is 0.392. The Balaban J connectivity index is 2.09. The lowest BCUT2D eigenvalue weighted by molar-refractivity contribution is 0.177. The first-order valence-electron chi connectivity index (χ1n) is 6.20. The summed E-state index contributed by atoms with van der Waals surface area (Å²) in [6.07, 6.45) is 6.64. The van der Waals surface area contributed by atoms with Crippen molar-refractivity contribution in [2.45, 2.75) is 52.0 Å². The highest BCUT2D eigenvalue weighted by atomic mass is 15.1. The summed E-state index contributed by atoms with van der Waals surface area (Å²) >= 11 is 0. The molecule has 0 spiro atoms. The van der Waals surface area contributed by atoms with Crippen molar-refractivity contribution in [3.05, 3.63) is 0 Å². The van der Waals surface area contributed by atoms with Gasteiger partial charge in [0.25, 0.3) is 0 Å². The Morgan fingerprint density at radius 1 is 1.36 bits per heavy atom. The molecule has 2 heteroatoms. The minimum Gasteiger partial charge on any atom is -0.328 e. The Kier molecular flexibility index (Phi) is 5.49. The maximum Gasteiger partial charge on any atom is 0.00105 e. The summed E-state index contributed by atoms with van der Waals surface area (Å²) < 4.78 is 0. The van der Waals surface area contributed by atoms with Gasteiger partial charge in [-0.1, -0.05) is 6.92 Å². The van der Waals surface area contributed by atoms with Crippen molar-refractivity contribution in [3.8, 4) is 0 Å². The van der Waals surface area contributed by atoms with Gasteiger partial charge in [-0.2, -0.15) is 0 Å². The van der Waals surface area contributed by atoms with E-state index in [4.69, 9.17) is 5.73 Å². The topological polar surface area (TPSA) is 29.3 Å². The van der Waals surface area contributed by atoms with Crippen LogP contribution in [-0.4, -0.2) is 30.6 Å². The van der Waals surface area contributed by atoms with E-state index < -0.39 is 0 Å². The van der Waals surface area contributed by atoms with Crippen LogP contribution >= 0.6 is 0 Å². The fourth-order valence-electron chi connectivity index (χ4n) is 2.31. The van der Waals surface area contributed by atoms with Crippen LogP contribution in [0.3, 0.4) is 0 Å². The summed E-state index contributed by atoms with van der Waals surface area (Å²) in [4.78, 5) is 2.60. The number of rotatable bonds is 5. The third-order valence-corrected chi connectivity index (χ3v) is 3.28. The molecule has 1 atom stereocenters. The predicted octanol–water partition coefficient (Wildman–Crippen LogP) is 2.24. The van der Waals surface area contributed by atoms with Gasteiger partial charge in [0, 0.05) is 6.04 Å². The fourth-order valence-corrected chi connectivity index (χ4v) is 2.31. The third kappa shape index (κ3) is 4.43. The van der Waals surface area contributed by atoms with Crippen molar-refractivity contribution in [2.24, 2.45) is 11.7 Å². The van der Waals surface area contributed by atoms with Crippen LogP contribution in [0.1, 0.15) is 46.0 Å². The summed E-state index contributed by atoms with van der Waals surface area (Å²) in [5, 5.41) is 0. The monoisotopic (exact) mass is 198 g/mol. The predicted molar refractivity (Wildman–Crippen MR) is 62.3 cm³/mol. The summed E-state index contributed by atoms with van der Waals surface area (Å²) in [6.45, 7) is 8.31. The van der Waals surface area contributed by atoms with Gasteiger partial charge in [0.2, 0.25) is 0 Å². The highest BCUT2D eigenvalue weighted by molar-refractivity contribution is 4.73. The van der Waals surface area contributed by atoms with Crippen LogP contribution in [0.5, 0.6) is 0 Å². The van der Waals surface area contributed by atoms with E-state index in [-0.39, 0.29) is 0 Å². The maximum atomic E-state index is 5.77. The molecule has 0 aromatic rings. The van der Waals surface area contributed by atoms with Gasteiger partial charge in [-0.25, -0.2) is 0 Å². The van der Waals surface area contributed by atoms with E-state index in [1.54, 1.807) is 0 Å². The highest BCUT2D eigenvalue weighted by Crippen LogP contribution is 2.22. The molecule has 0 bridgehead atoms. The Morgan fingerprint density at radius 2 is 2.00 bits per heavy atom. The van der Waals surface area contributed by atoms with Crippen molar-refractivity contribution in [1.29, 1.82) is 0 Å². The first kappa shape index (κ1) is 12.0. The zero-order valence-electron chi connectivity index (χ0n) is 9.84. The summed E-state index contributed by atoms with van der Waals surface area (Å²) in [7, 11) is 0. The van der Waals surface area contributed by atoms with E-state index in [1.165, 1.54) is 51.7 Å². The first-order valence-corrected chi connectivity index (χ1v) is 6.20. The fraction of sp³-hybridized carbons (Fsp3) is 1.00. The molecular weight excluding hydrogens is 172 g/mol. The van der Waals surface area contributed by atoms with Gasteiger partial charge in [-0.15, -0.1) is 0 Å². The van der Waals surface area contributed by atoms with Crippen molar-refractivity contribution in [2.75, 3.05) is 19.6 Å². The quantitative estimate of drug-likeness (QED) is 0.734. The normalized spacial score (nSPS) is 22.5. The molecule has 0 saturated carbocycles. The molecule has 0 amide bonds. The zero-order chi connectivity index (χ0) is 10.4. The van der Waals surface area contributed by atoms with Crippen LogP contribution in [0.2, 0.25) is 0 Å². The van der Waals surface area contributed by atoms with Gasteiger partial charge in [-0.3, -0.25) is 0 Å². The van der Waals surface area contributed by atoms with Crippen molar-refractivity contribution in [1.82, 2.24) is 4.90 Å². The van der Waals surface area contributed by atoms with E-state index in [2.05, 4.69) is 18.7 Å². The Bertz CT molecular complexity index is 137. The number of hydrogen-bond acceptors (Lipinski definition) is 2. The van der Waals surface area contributed by atoms with Crippen molar-refractivity contribution < 1.29 is 0 Å². The first-order chi connectivity index (χ1) is 6.72. The second kappa shape index (κ2) is 6.41. The Hall–Kier alpha value is -0.0800. The SMILES string of the molecule is CCCN1CCC(CCC(C)N)CC1. The average molecular weight is 198 g/mol. The lowest BCUT2D eigenvalue weighted by Gasteiger charge is -2.31. The molecule has 0 aliphatic carbocycles. The number of nitrogens with zero attached hydrogens (tertiary/aromatic N) is 1. The maximum absolute atomic E-state index is 5.77. The van der Waals surface area contributed by atoms with Gasteiger partial charge in [-0.05, 0) is 64.6 Å². The molecule has 14 heavy (non-hydrogen) atoms. The second-order valence-corrected chi connectivity index (χ2v) is 4.84. The molecule has 2 N–H and O–H groups in total. The molecule has 84 valence electrons. The minimum absolute atomic E-state index is 0.392. The van der Waals surface area contributed by atoms with Crippen LogP contribution in [-0.2, 0) is 0 Å². The average Bonchev–Trinajstić information content (AvgIpc) is 2.17. The second-order valence-electron chi connectivity index (χ2n) is 4.84. The van der Waals surface area contributed by atoms with Crippen LogP contribution in [0.25, 0.3) is 0 Å². The smallest absolute Gasteiger partial charge is 0.00105 e. The van der Waals surface area contributed by atoms with Gasteiger partial charge in [0.15, 0.2) is 0 Å². The van der Waals surface area contributed by atoms with E-state index in [0.29, 0.717) is 6.04 Å². The zero-order valence-corrected chi connectivity index (χ0v) is 9.84. The molecule has 0 aromatic heterocycles. The molecule has 0 aromatic carbocycles. The van der Waals surface area contributed by atoms with Crippen LogP contribution in [0, 0.1) is 5.92 Å². The molecule has 1 fully saturated rings. The molecule has 1 saturated heterocycles. The number of nitrogens with two attached hydrogens (primary N) is 1. The molecule has 1 rings (SSSR count). The molecular formula is C12H26N2. The molecule has 2 nitrogen and oxygen atoms in total. The van der Waals surface area contributed by atoms with E-state index in [1.807, 2.05) is 0 Å². The Labute approximate surface area is 88.8 Å².